The molecule has 3 heteroatoms. The first-order valence-electron chi connectivity index (χ1n) is 6.19. The molecule has 0 aromatic heterocycles. The maximum Gasteiger partial charge on any atom is 0.216 e. The van der Waals surface area contributed by atoms with E-state index in [1.807, 2.05) is 0 Å². The van der Waals surface area contributed by atoms with Gasteiger partial charge in [0, 0.05) is 17.9 Å². The molecular weight excluding hydrogens is 278 g/mol. The minimum atomic E-state index is 0.0651. The van der Waals surface area contributed by atoms with Crippen molar-refractivity contribution < 1.29 is 4.79 Å². The van der Waals surface area contributed by atoms with E-state index in [-0.39, 0.29) is 5.91 Å². The van der Waals surface area contributed by atoms with E-state index >= 15 is 0 Å². The quantitative estimate of drug-likeness (QED) is 0.910. The Hall–Kier alpha value is -0.830. The summed E-state index contributed by atoms with van der Waals surface area (Å²) in [5.74, 6) is 0.665. The normalized spacial score (nSPS) is 18.6. The molecule has 0 radical (unpaired) electrons. The number of rotatable bonds is 3. The zero-order valence-corrected chi connectivity index (χ0v) is 11.7. The topological polar surface area (TPSA) is 29.1 Å². The third-order valence-electron chi connectivity index (χ3n) is 3.41. The lowest BCUT2D eigenvalue weighted by Crippen LogP contribution is -2.23. The summed E-state index contributed by atoms with van der Waals surface area (Å²) in [5, 5.41) is 2.89. The van der Waals surface area contributed by atoms with Crippen LogP contribution in [0.15, 0.2) is 22.7 Å². The molecule has 1 aromatic carbocycles. The van der Waals surface area contributed by atoms with Crippen LogP contribution in [-0.4, -0.2) is 12.5 Å². The summed E-state index contributed by atoms with van der Waals surface area (Å²) in [6, 6.07) is 6.59. The van der Waals surface area contributed by atoms with E-state index in [0.29, 0.717) is 5.92 Å². The van der Waals surface area contributed by atoms with Crippen molar-refractivity contribution in [3.8, 4) is 0 Å². The maximum absolute atomic E-state index is 10.9. The van der Waals surface area contributed by atoms with Crippen molar-refractivity contribution in [3.63, 3.8) is 0 Å². The summed E-state index contributed by atoms with van der Waals surface area (Å²) in [4.78, 5) is 10.9. The Morgan fingerprint density at radius 2 is 2.35 bits per heavy atom. The minimum Gasteiger partial charge on any atom is -0.356 e. The largest absolute Gasteiger partial charge is 0.356 e. The van der Waals surface area contributed by atoms with E-state index < -0.39 is 0 Å². The van der Waals surface area contributed by atoms with Crippen LogP contribution in [0, 0.1) is 0 Å². The van der Waals surface area contributed by atoms with Crippen molar-refractivity contribution in [2.24, 2.45) is 0 Å². The predicted octanol–water partition coefficient (Wildman–Crippen LogP) is 3.40. The van der Waals surface area contributed by atoms with Crippen molar-refractivity contribution in [2.75, 3.05) is 6.54 Å². The van der Waals surface area contributed by atoms with Gasteiger partial charge in [-0.2, -0.15) is 0 Å². The first-order chi connectivity index (χ1) is 8.16. The van der Waals surface area contributed by atoms with Crippen LogP contribution in [0.3, 0.4) is 0 Å². The molecule has 0 bridgehead atoms. The molecule has 1 unspecified atom stereocenters. The molecule has 2 nitrogen and oxygen atoms in total. The summed E-state index contributed by atoms with van der Waals surface area (Å²) in [7, 11) is 0. The van der Waals surface area contributed by atoms with E-state index in [4.69, 9.17) is 0 Å². The third-order valence-corrected chi connectivity index (χ3v) is 3.91. The summed E-state index contributed by atoms with van der Waals surface area (Å²) in [6.07, 6.45) is 4.74. The van der Waals surface area contributed by atoms with Gasteiger partial charge in [-0.15, -0.1) is 0 Å². The Balaban J connectivity index is 2.05. The number of halogens is 1. The molecule has 1 atom stereocenters. The smallest absolute Gasteiger partial charge is 0.216 e. The number of nitrogens with one attached hydrogen (secondary N) is 1. The number of hydrogen-bond acceptors (Lipinski definition) is 1. The molecule has 0 fully saturated rings. The van der Waals surface area contributed by atoms with Crippen LogP contribution in [-0.2, 0) is 11.2 Å². The van der Waals surface area contributed by atoms with Gasteiger partial charge in [0.1, 0.15) is 0 Å². The molecule has 1 amide bonds. The molecule has 2 rings (SSSR count). The second-order valence-electron chi connectivity index (χ2n) is 4.70. The van der Waals surface area contributed by atoms with Crippen LogP contribution in [0.5, 0.6) is 0 Å². The second kappa shape index (κ2) is 5.67. The molecule has 0 aliphatic heterocycles. The summed E-state index contributed by atoms with van der Waals surface area (Å²) in [5.41, 5.74) is 2.95. The Morgan fingerprint density at radius 3 is 3.12 bits per heavy atom. The van der Waals surface area contributed by atoms with Gasteiger partial charge < -0.3 is 5.32 Å². The highest BCUT2D eigenvalue weighted by Gasteiger charge is 2.19. The van der Waals surface area contributed by atoms with E-state index in [1.165, 1.54) is 30.4 Å². The number of hydrogen-bond donors (Lipinski definition) is 1. The molecule has 0 saturated heterocycles. The lowest BCUT2D eigenvalue weighted by Gasteiger charge is -2.25. The third kappa shape index (κ3) is 3.32. The van der Waals surface area contributed by atoms with Crippen LogP contribution in [0.2, 0.25) is 0 Å². The van der Waals surface area contributed by atoms with Crippen molar-refractivity contribution in [1.29, 1.82) is 0 Å². The van der Waals surface area contributed by atoms with Crippen LogP contribution in [0.25, 0.3) is 0 Å². The molecule has 0 saturated carbocycles. The minimum absolute atomic E-state index is 0.0651. The lowest BCUT2D eigenvalue weighted by molar-refractivity contribution is -0.118. The molecule has 0 heterocycles. The summed E-state index contributed by atoms with van der Waals surface area (Å²) < 4.78 is 1.16. The number of aryl methyl sites for hydroxylation is 1. The van der Waals surface area contributed by atoms with Crippen molar-refractivity contribution in [2.45, 2.75) is 38.5 Å². The Morgan fingerprint density at radius 1 is 1.53 bits per heavy atom. The van der Waals surface area contributed by atoms with E-state index in [2.05, 4.69) is 39.4 Å². The average molecular weight is 296 g/mol. The number of fused-ring (bicyclic) bond motifs is 1. The van der Waals surface area contributed by atoms with Gasteiger partial charge in [-0.3, -0.25) is 4.79 Å². The highest BCUT2D eigenvalue weighted by molar-refractivity contribution is 9.10. The highest BCUT2D eigenvalue weighted by Crippen LogP contribution is 2.35. The van der Waals surface area contributed by atoms with Gasteiger partial charge in [-0.25, -0.2) is 0 Å². The fourth-order valence-corrected chi connectivity index (χ4v) is 2.97. The van der Waals surface area contributed by atoms with Gasteiger partial charge in [0.25, 0.3) is 0 Å². The van der Waals surface area contributed by atoms with Crippen molar-refractivity contribution in [3.05, 3.63) is 33.8 Å². The Labute approximate surface area is 111 Å². The second-order valence-corrected chi connectivity index (χ2v) is 5.62. The van der Waals surface area contributed by atoms with Gasteiger partial charge in [0.05, 0.1) is 0 Å². The van der Waals surface area contributed by atoms with Crippen LogP contribution < -0.4 is 5.32 Å². The SMILES string of the molecule is CC(=O)NCCC1CCCc2ccc(Br)cc21. The zero-order chi connectivity index (χ0) is 12.3. The number of carbonyl (C=O) groups excluding carboxylic acids is 1. The fraction of sp³-hybridized carbons (Fsp3) is 0.500. The van der Waals surface area contributed by atoms with Crippen LogP contribution in [0.4, 0.5) is 0 Å². The number of carbonyl (C=O) groups is 1. The van der Waals surface area contributed by atoms with Crippen molar-refractivity contribution >= 4 is 21.8 Å². The van der Waals surface area contributed by atoms with E-state index in [9.17, 15) is 4.79 Å². The Bertz CT molecular complexity index is 417. The molecule has 1 N–H and O–H groups in total. The van der Waals surface area contributed by atoms with Crippen LogP contribution >= 0.6 is 15.9 Å². The van der Waals surface area contributed by atoms with Gasteiger partial charge in [0.2, 0.25) is 5.91 Å². The first kappa shape index (κ1) is 12.6. The fourth-order valence-electron chi connectivity index (χ4n) is 2.59. The van der Waals surface area contributed by atoms with Gasteiger partial charge >= 0.3 is 0 Å². The Kier molecular flexibility index (Phi) is 4.21. The zero-order valence-electron chi connectivity index (χ0n) is 10.1. The predicted molar refractivity (Wildman–Crippen MR) is 73.1 cm³/mol. The standard InChI is InChI=1S/C14H18BrNO/c1-10(17)16-8-7-12-4-2-3-11-5-6-13(15)9-14(11)12/h5-6,9,12H,2-4,7-8H2,1H3,(H,16,17). The van der Waals surface area contributed by atoms with Crippen molar-refractivity contribution in [1.82, 2.24) is 5.32 Å². The number of benzene rings is 1. The van der Waals surface area contributed by atoms with Gasteiger partial charge in [-0.05, 0) is 54.9 Å². The summed E-state index contributed by atoms with van der Waals surface area (Å²) in [6.45, 7) is 2.36. The molecule has 0 spiro atoms. The van der Waals surface area contributed by atoms with Gasteiger partial charge in [0.15, 0.2) is 0 Å². The molecular formula is C14H18BrNO. The molecule has 92 valence electrons. The van der Waals surface area contributed by atoms with E-state index in [0.717, 1.165) is 17.4 Å². The average Bonchev–Trinajstić information content (AvgIpc) is 2.29. The molecule has 1 aliphatic carbocycles. The monoisotopic (exact) mass is 295 g/mol. The first-order valence-corrected chi connectivity index (χ1v) is 6.99. The molecule has 1 aliphatic rings. The molecule has 1 aromatic rings. The van der Waals surface area contributed by atoms with Gasteiger partial charge in [-0.1, -0.05) is 22.0 Å². The summed E-state index contributed by atoms with van der Waals surface area (Å²) >= 11 is 3.54. The highest BCUT2D eigenvalue weighted by atomic mass is 79.9. The van der Waals surface area contributed by atoms with Crippen LogP contribution in [0.1, 0.15) is 43.2 Å². The lowest BCUT2D eigenvalue weighted by atomic mass is 9.81. The molecule has 17 heavy (non-hydrogen) atoms. The maximum atomic E-state index is 10.9. The number of amides is 1. The van der Waals surface area contributed by atoms with E-state index in [1.54, 1.807) is 6.92 Å².